The molecule has 0 aliphatic carbocycles. The zero-order chi connectivity index (χ0) is 19.4. The first-order valence-corrected chi connectivity index (χ1v) is 8.14. The first-order chi connectivity index (χ1) is 10.6. The minimum absolute atomic E-state index is 0.105. The van der Waals surface area contributed by atoms with E-state index in [1.54, 1.807) is 6.92 Å². The monoisotopic (exact) mass is 374 g/mol. The van der Waals surface area contributed by atoms with Gasteiger partial charge in [-0.3, -0.25) is 4.55 Å². The maximum atomic E-state index is 13.0. The molecule has 0 saturated carbocycles. The first kappa shape index (κ1) is 22.3. The first-order valence-electron chi connectivity index (χ1n) is 6.70. The van der Waals surface area contributed by atoms with Crippen LogP contribution in [0.2, 0.25) is 0 Å². The van der Waals surface area contributed by atoms with Gasteiger partial charge in [0.05, 0.1) is 6.61 Å². The summed E-state index contributed by atoms with van der Waals surface area (Å²) in [6, 6.07) is 0. The lowest BCUT2D eigenvalue weighted by molar-refractivity contribution is -0.155. The molecule has 0 atom stereocenters. The number of azo groups is 1. The van der Waals surface area contributed by atoms with Gasteiger partial charge in [-0.15, -0.1) is 0 Å². The summed E-state index contributed by atoms with van der Waals surface area (Å²) in [4.78, 5) is 23.4. The van der Waals surface area contributed by atoms with Crippen molar-refractivity contribution in [2.45, 2.75) is 51.0 Å². The lowest BCUT2D eigenvalue weighted by Gasteiger charge is -2.21. The minimum atomic E-state index is -5.72. The number of alkyl halides is 2. The van der Waals surface area contributed by atoms with Crippen molar-refractivity contribution in [1.29, 1.82) is 0 Å². The molecule has 0 aromatic rings. The summed E-state index contributed by atoms with van der Waals surface area (Å²) in [5.74, 6) is -2.04. The number of hydrogen-bond acceptors (Lipinski definition) is 8. The van der Waals surface area contributed by atoms with E-state index in [4.69, 9.17) is 9.29 Å². The Morgan fingerprint density at radius 2 is 1.38 bits per heavy atom. The molecule has 0 radical (unpaired) electrons. The van der Waals surface area contributed by atoms with Gasteiger partial charge in [-0.2, -0.15) is 27.4 Å². The van der Waals surface area contributed by atoms with Gasteiger partial charge in [0.15, 0.2) is 17.7 Å². The molecule has 0 fully saturated rings. The van der Waals surface area contributed by atoms with Crippen molar-refractivity contribution in [2.24, 2.45) is 10.2 Å². The molecule has 0 bridgehead atoms. The van der Waals surface area contributed by atoms with Gasteiger partial charge >= 0.3 is 27.3 Å². The third kappa shape index (κ3) is 6.07. The van der Waals surface area contributed by atoms with Crippen LogP contribution in [-0.4, -0.2) is 54.5 Å². The summed E-state index contributed by atoms with van der Waals surface area (Å²) in [5.41, 5.74) is -3.20. The van der Waals surface area contributed by atoms with Crippen molar-refractivity contribution >= 4 is 22.1 Å². The van der Waals surface area contributed by atoms with E-state index in [-0.39, 0.29) is 6.61 Å². The molecular formula is C12H20F2N2O7S. The molecule has 1 N–H and O–H groups in total. The second-order valence-corrected chi connectivity index (χ2v) is 7.27. The van der Waals surface area contributed by atoms with E-state index < -0.39 is 45.0 Å². The van der Waals surface area contributed by atoms with Gasteiger partial charge < -0.3 is 9.47 Å². The molecule has 140 valence electrons. The van der Waals surface area contributed by atoms with Crippen LogP contribution in [0.15, 0.2) is 10.2 Å². The Bertz CT molecular complexity index is 615. The second-order valence-electron chi connectivity index (χ2n) is 5.73. The molecule has 9 nitrogen and oxygen atoms in total. The Morgan fingerprint density at radius 1 is 1.00 bits per heavy atom. The van der Waals surface area contributed by atoms with Crippen molar-refractivity contribution in [2.75, 3.05) is 13.2 Å². The fourth-order valence-corrected chi connectivity index (χ4v) is 1.25. The van der Waals surface area contributed by atoms with E-state index in [0.29, 0.717) is 0 Å². The molecule has 0 rings (SSSR count). The van der Waals surface area contributed by atoms with E-state index in [0.717, 1.165) is 13.8 Å². The van der Waals surface area contributed by atoms with Crippen LogP contribution in [0.5, 0.6) is 0 Å². The number of halogens is 2. The van der Waals surface area contributed by atoms with Crippen LogP contribution in [0, 0.1) is 0 Å². The third-order valence-corrected chi connectivity index (χ3v) is 3.45. The van der Waals surface area contributed by atoms with Crippen LogP contribution in [0.1, 0.15) is 34.6 Å². The van der Waals surface area contributed by atoms with Crippen molar-refractivity contribution in [1.82, 2.24) is 0 Å². The summed E-state index contributed by atoms with van der Waals surface area (Å²) in [5, 5.41) is 2.59. The number of ether oxygens (including phenoxy) is 2. The summed E-state index contributed by atoms with van der Waals surface area (Å²) >= 11 is 0. The second kappa shape index (κ2) is 7.47. The highest BCUT2D eigenvalue weighted by Gasteiger charge is 2.46. The van der Waals surface area contributed by atoms with Gasteiger partial charge in [0.1, 0.15) is 0 Å². The molecule has 0 unspecified atom stereocenters. The van der Waals surface area contributed by atoms with Crippen LogP contribution in [0.4, 0.5) is 8.78 Å². The highest BCUT2D eigenvalue weighted by molar-refractivity contribution is 7.86. The Balaban J connectivity index is 5.04. The topological polar surface area (TPSA) is 132 Å². The summed E-state index contributed by atoms with van der Waals surface area (Å²) < 4.78 is 64.1. The van der Waals surface area contributed by atoms with Crippen molar-refractivity contribution in [3.63, 3.8) is 0 Å². The molecule has 0 spiro atoms. The SMILES string of the molecule is CCOC(=O)C(C)(C)N=NC(C)(C)C(=O)OCC(F)(F)S(=O)(=O)O. The maximum absolute atomic E-state index is 13.0. The third-order valence-electron chi connectivity index (χ3n) is 2.57. The lowest BCUT2D eigenvalue weighted by atomic mass is 10.1. The van der Waals surface area contributed by atoms with Crippen LogP contribution in [-0.2, 0) is 29.2 Å². The Hall–Kier alpha value is -1.69. The van der Waals surface area contributed by atoms with Gasteiger partial charge in [0.2, 0.25) is 0 Å². The molecule has 0 heterocycles. The smallest absolute Gasteiger partial charge is 0.402 e. The predicted octanol–water partition coefficient (Wildman–Crippen LogP) is 1.58. The number of nitrogens with zero attached hydrogens (tertiary/aromatic N) is 2. The molecule has 0 amide bonds. The van der Waals surface area contributed by atoms with Crippen LogP contribution >= 0.6 is 0 Å². The normalized spacial score (nSPS) is 13.8. The molecule has 0 aromatic carbocycles. The summed E-state index contributed by atoms with van der Waals surface area (Å²) in [7, 11) is -5.72. The van der Waals surface area contributed by atoms with Gasteiger partial charge in [0, 0.05) is 0 Å². The van der Waals surface area contributed by atoms with Crippen LogP contribution in [0.3, 0.4) is 0 Å². The highest BCUT2D eigenvalue weighted by atomic mass is 32.2. The Kier molecular flexibility index (Phi) is 6.94. The zero-order valence-electron chi connectivity index (χ0n) is 13.9. The predicted molar refractivity (Wildman–Crippen MR) is 77.1 cm³/mol. The van der Waals surface area contributed by atoms with Gasteiger partial charge in [-0.1, -0.05) is 0 Å². The van der Waals surface area contributed by atoms with Gasteiger partial charge in [0.25, 0.3) is 0 Å². The van der Waals surface area contributed by atoms with E-state index >= 15 is 0 Å². The summed E-state index contributed by atoms with van der Waals surface area (Å²) in [6.07, 6.45) is 0. The van der Waals surface area contributed by atoms with Crippen molar-refractivity contribution in [3.05, 3.63) is 0 Å². The Morgan fingerprint density at radius 3 is 1.71 bits per heavy atom. The number of rotatable bonds is 8. The van der Waals surface area contributed by atoms with Crippen molar-refractivity contribution in [3.8, 4) is 0 Å². The molecule has 24 heavy (non-hydrogen) atoms. The standard InChI is InChI=1S/C12H20F2N2O7S/c1-6-22-8(17)10(2,3)15-16-11(4,5)9(18)23-7-12(13,14)24(19,20)21/h6-7H2,1-5H3,(H,19,20,21). The average molecular weight is 374 g/mol. The minimum Gasteiger partial charge on any atom is -0.464 e. The van der Waals surface area contributed by atoms with E-state index in [1.165, 1.54) is 13.8 Å². The van der Waals surface area contributed by atoms with E-state index in [2.05, 4.69) is 15.0 Å². The summed E-state index contributed by atoms with van der Waals surface area (Å²) in [6.45, 7) is 4.85. The molecule has 0 aliphatic heterocycles. The van der Waals surface area contributed by atoms with E-state index in [9.17, 15) is 26.8 Å². The highest BCUT2D eigenvalue weighted by Crippen LogP contribution is 2.23. The van der Waals surface area contributed by atoms with Crippen molar-refractivity contribution < 1.29 is 40.8 Å². The molecule has 12 heteroatoms. The number of esters is 2. The van der Waals surface area contributed by atoms with Gasteiger partial charge in [-0.25, -0.2) is 9.59 Å². The average Bonchev–Trinajstić information content (AvgIpc) is 2.42. The largest absolute Gasteiger partial charge is 0.464 e. The molecule has 0 aliphatic rings. The fraction of sp³-hybridized carbons (Fsp3) is 0.833. The van der Waals surface area contributed by atoms with Gasteiger partial charge in [-0.05, 0) is 34.6 Å². The fourth-order valence-electron chi connectivity index (χ4n) is 1.04. The number of hydrogen-bond donors (Lipinski definition) is 1. The van der Waals surface area contributed by atoms with E-state index in [1.807, 2.05) is 0 Å². The van der Waals surface area contributed by atoms with Crippen LogP contribution in [0.25, 0.3) is 0 Å². The molecular weight excluding hydrogens is 354 g/mol. The quantitative estimate of drug-likeness (QED) is 0.387. The molecule has 0 saturated heterocycles. The number of carbonyl (C=O) groups is 2. The Labute approximate surface area is 138 Å². The molecule has 0 aromatic heterocycles. The zero-order valence-corrected chi connectivity index (χ0v) is 14.7. The lowest BCUT2D eigenvalue weighted by Crippen LogP contribution is -2.39. The number of carbonyl (C=O) groups excluding carboxylic acids is 2. The maximum Gasteiger partial charge on any atom is 0.402 e. The van der Waals surface area contributed by atoms with Crippen LogP contribution < -0.4 is 0 Å².